The van der Waals surface area contributed by atoms with Gasteiger partial charge in [-0.15, -0.1) is 0 Å². The molecule has 1 aliphatic heterocycles. The van der Waals surface area contributed by atoms with Gasteiger partial charge in [-0.1, -0.05) is 32.0 Å². The molecule has 25 heavy (non-hydrogen) atoms. The molecule has 0 saturated carbocycles. The second-order valence-corrected chi connectivity index (χ2v) is 6.62. The molecule has 2 heterocycles. The summed E-state index contributed by atoms with van der Waals surface area (Å²) in [4.78, 5) is 16.9. The van der Waals surface area contributed by atoms with Gasteiger partial charge in [-0.25, -0.2) is 4.68 Å². The predicted octanol–water partition coefficient (Wildman–Crippen LogP) is 1.36. The maximum Gasteiger partial charge on any atom is 0.258 e. The van der Waals surface area contributed by atoms with Crippen molar-refractivity contribution in [3.63, 3.8) is 0 Å². The fraction of sp³-hybridized carbons (Fsp3) is 0.500. The van der Waals surface area contributed by atoms with Gasteiger partial charge in [0.1, 0.15) is 0 Å². The van der Waals surface area contributed by atoms with Gasteiger partial charge in [0.05, 0.1) is 55.4 Å². The van der Waals surface area contributed by atoms with Crippen LogP contribution in [0.2, 0.25) is 0 Å². The monoisotopic (exact) mass is 341 g/mol. The number of rotatable bonds is 5. The van der Waals surface area contributed by atoms with Crippen LogP contribution in [0.5, 0.6) is 0 Å². The summed E-state index contributed by atoms with van der Waals surface area (Å²) in [6, 6.07) is 10.1. The molecular formula is C20H29N4O+. The topological polar surface area (TPSA) is 42.6 Å². The van der Waals surface area contributed by atoms with Crippen molar-refractivity contribution < 1.29 is 9.69 Å². The van der Waals surface area contributed by atoms with Gasteiger partial charge in [0.2, 0.25) is 0 Å². The highest BCUT2D eigenvalue weighted by molar-refractivity contribution is 5.96. The summed E-state index contributed by atoms with van der Waals surface area (Å²) in [5.41, 5.74) is 3.79. The molecule has 0 atom stereocenters. The van der Waals surface area contributed by atoms with E-state index in [-0.39, 0.29) is 5.91 Å². The average molecular weight is 341 g/mol. The van der Waals surface area contributed by atoms with Crippen LogP contribution in [0, 0.1) is 0 Å². The highest BCUT2D eigenvalue weighted by atomic mass is 16.2. The van der Waals surface area contributed by atoms with Crippen molar-refractivity contribution in [2.45, 2.75) is 33.6 Å². The number of aryl methyl sites for hydroxylation is 1. The van der Waals surface area contributed by atoms with Crippen molar-refractivity contribution in [1.82, 2.24) is 14.7 Å². The first kappa shape index (κ1) is 17.7. The number of benzene rings is 1. The number of carbonyl (C=O) groups is 1. The van der Waals surface area contributed by atoms with Crippen LogP contribution in [-0.4, -0.2) is 53.3 Å². The number of nitrogens with zero attached hydrogens (tertiary/aromatic N) is 3. The molecule has 0 bridgehead atoms. The fourth-order valence-electron chi connectivity index (χ4n) is 3.64. The first-order chi connectivity index (χ1) is 12.2. The highest BCUT2D eigenvalue weighted by Crippen LogP contribution is 2.22. The van der Waals surface area contributed by atoms with E-state index in [2.05, 4.69) is 20.8 Å². The summed E-state index contributed by atoms with van der Waals surface area (Å²) in [5, 5.41) is 4.78. The van der Waals surface area contributed by atoms with E-state index in [0.29, 0.717) is 0 Å². The number of hydrogen-bond acceptors (Lipinski definition) is 2. The van der Waals surface area contributed by atoms with E-state index in [1.165, 1.54) is 0 Å². The molecule has 3 rings (SSSR count). The van der Waals surface area contributed by atoms with Crippen LogP contribution in [0.25, 0.3) is 5.69 Å². The zero-order valence-electron chi connectivity index (χ0n) is 15.6. The second-order valence-electron chi connectivity index (χ2n) is 6.62. The molecule has 0 spiro atoms. The van der Waals surface area contributed by atoms with E-state index in [1.54, 1.807) is 4.90 Å². The predicted molar refractivity (Wildman–Crippen MR) is 99.5 cm³/mol. The number of carbonyl (C=O) groups excluding carboxylic acids is 1. The lowest BCUT2D eigenvalue weighted by Gasteiger charge is -2.31. The molecule has 1 saturated heterocycles. The molecule has 1 fully saturated rings. The van der Waals surface area contributed by atoms with Crippen LogP contribution in [-0.2, 0) is 12.8 Å². The minimum absolute atomic E-state index is 0.158. The van der Waals surface area contributed by atoms with Gasteiger partial charge in [0.15, 0.2) is 0 Å². The number of hydrogen-bond donors (Lipinski definition) is 1. The Hall–Kier alpha value is -2.14. The van der Waals surface area contributed by atoms with Crippen LogP contribution >= 0.6 is 0 Å². The summed E-state index contributed by atoms with van der Waals surface area (Å²) in [6.07, 6.45) is 1.57. The molecule has 2 aromatic rings. The van der Waals surface area contributed by atoms with Crippen LogP contribution in [0.1, 0.15) is 42.5 Å². The van der Waals surface area contributed by atoms with Crippen LogP contribution in [0.3, 0.4) is 0 Å². The molecule has 1 aromatic heterocycles. The number of para-hydroxylation sites is 1. The van der Waals surface area contributed by atoms with Crippen molar-refractivity contribution >= 4 is 5.91 Å². The van der Waals surface area contributed by atoms with Crippen LogP contribution in [0.15, 0.2) is 30.3 Å². The number of amides is 1. The average Bonchev–Trinajstić information content (AvgIpc) is 3.06. The smallest absolute Gasteiger partial charge is 0.258 e. The lowest BCUT2D eigenvalue weighted by Crippen LogP contribution is -3.14. The Morgan fingerprint density at radius 2 is 1.76 bits per heavy atom. The third kappa shape index (κ3) is 3.47. The Morgan fingerprint density at radius 1 is 1.08 bits per heavy atom. The normalized spacial score (nSPS) is 15.6. The zero-order chi connectivity index (χ0) is 17.8. The quantitative estimate of drug-likeness (QED) is 0.892. The van der Waals surface area contributed by atoms with Crippen molar-refractivity contribution in [1.29, 1.82) is 0 Å². The first-order valence-corrected chi connectivity index (χ1v) is 9.48. The maximum atomic E-state index is 13.3. The lowest BCUT2D eigenvalue weighted by molar-refractivity contribution is -0.902. The largest absolute Gasteiger partial charge is 0.332 e. The van der Waals surface area contributed by atoms with Gasteiger partial charge in [0.25, 0.3) is 5.91 Å². The molecule has 1 amide bonds. The van der Waals surface area contributed by atoms with Gasteiger partial charge < -0.3 is 9.80 Å². The number of likely N-dealkylation sites (N-methyl/N-ethyl adjacent to an activating group) is 1. The van der Waals surface area contributed by atoms with Crippen molar-refractivity contribution in [2.75, 3.05) is 32.7 Å². The van der Waals surface area contributed by atoms with Crippen molar-refractivity contribution in [3.05, 3.63) is 47.3 Å². The van der Waals surface area contributed by atoms with Gasteiger partial charge in [-0.2, -0.15) is 5.10 Å². The lowest BCUT2D eigenvalue weighted by atomic mass is 10.1. The SMILES string of the molecule is CCc1nn(-c2ccccc2)c(CC)c1C(=O)N1CC[NH+](CC)CC1. The number of quaternary nitrogens is 1. The van der Waals surface area contributed by atoms with Crippen molar-refractivity contribution in [2.24, 2.45) is 0 Å². The van der Waals surface area contributed by atoms with E-state index in [0.717, 1.165) is 68.2 Å². The van der Waals surface area contributed by atoms with Gasteiger partial charge in [-0.05, 0) is 31.9 Å². The maximum absolute atomic E-state index is 13.3. The highest BCUT2D eigenvalue weighted by Gasteiger charge is 2.29. The van der Waals surface area contributed by atoms with E-state index >= 15 is 0 Å². The molecule has 1 aromatic carbocycles. The summed E-state index contributed by atoms with van der Waals surface area (Å²) in [5.74, 6) is 0.158. The minimum atomic E-state index is 0.158. The van der Waals surface area contributed by atoms with Crippen molar-refractivity contribution in [3.8, 4) is 5.69 Å². The second kappa shape index (κ2) is 7.83. The van der Waals surface area contributed by atoms with Gasteiger partial charge in [-0.3, -0.25) is 4.79 Å². The van der Waals surface area contributed by atoms with E-state index in [4.69, 9.17) is 5.10 Å². The number of aromatic nitrogens is 2. The molecule has 0 unspecified atom stereocenters. The zero-order valence-corrected chi connectivity index (χ0v) is 15.6. The van der Waals surface area contributed by atoms with Gasteiger partial charge in [0, 0.05) is 0 Å². The van der Waals surface area contributed by atoms with E-state index < -0.39 is 0 Å². The minimum Gasteiger partial charge on any atom is -0.332 e. The molecular weight excluding hydrogens is 312 g/mol. The molecule has 0 aliphatic carbocycles. The Kier molecular flexibility index (Phi) is 5.53. The van der Waals surface area contributed by atoms with E-state index in [9.17, 15) is 4.79 Å². The fourth-order valence-corrected chi connectivity index (χ4v) is 3.64. The number of piperazine rings is 1. The summed E-state index contributed by atoms with van der Waals surface area (Å²) < 4.78 is 1.96. The molecule has 1 N–H and O–H groups in total. The third-order valence-electron chi connectivity index (χ3n) is 5.20. The number of nitrogens with one attached hydrogen (secondary N) is 1. The molecule has 0 radical (unpaired) electrons. The molecule has 134 valence electrons. The van der Waals surface area contributed by atoms with Gasteiger partial charge >= 0.3 is 0 Å². The summed E-state index contributed by atoms with van der Waals surface area (Å²) in [7, 11) is 0. The molecule has 1 aliphatic rings. The Bertz CT molecular complexity index is 715. The summed E-state index contributed by atoms with van der Waals surface area (Å²) in [6.45, 7) is 11.3. The molecule has 5 nitrogen and oxygen atoms in total. The standard InChI is InChI=1S/C20H28N4O/c1-4-17-19(20(25)23-14-12-22(6-3)13-15-23)18(5-2)24(21-17)16-10-8-7-9-11-16/h7-11H,4-6,12-15H2,1-3H3/p+1. The summed E-state index contributed by atoms with van der Waals surface area (Å²) >= 11 is 0. The third-order valence-corrected chi connectivity index (χ3v) is 5.20. The van der Waals surface area contributed by atoms with Crippen LogP contribution < -0.4 is 4.90 Å². The first-order valence-electron chi connectivity index (χ1n) is 9.48. The molecule has 5 heteroatoms. The Balaban J connectivity index is 1.95. The Labute approximate surface area is 150 Å². The van der Waals surface area contributed by atoms with E-state index in [1.807, 2.05) is 39.9 Å². The van der Waals surface area contributed by atoms with Crippen LogP contribution in [0.4, 0.5) is 0 Å². The Morgan fingerprint density at radius 3 is 2.32 bits per heavy atom.